The topological polar surface area (TPSA) is 35.5 Å². The Balaban J connectivity index is 2.42. The molecule has 0 spiro atoms. The number of halogens is 1. The summed E-state index contributed by atoms with van der Waals surface area (Å²) in [5.41, 5.74) is -0.167. The van der Waals surface area contributed by atoms with Gasteiger partial charge in [-0.05, 0) is 16.9 Å². The van der Waals surface area contributed by atoms with E-state index in [1.807, 2.05) is 27.7 Å². The van der Waals surface area contributed by atoms with Crippen molar-refractivity contribution in [3.8, 4) is 11.5 Å². The molecular formula is C16H21FO3. The minimum Gasteiger partial charge on any atom is -0.493 e. The molecule has 0 saturated heterocycles. The molecule has 0 aromatic heterocycles. The van der Waals surface area contributed by atoms with Crippen molar-refractivity contribution in [3.05, 3.63) is 23.5 Å². The monoisotopic (exact) mass is 280 g/mol. The summed E-state index contributed by atoms with van der Waals surface area (Å²) in [5, 5.41) is 0. The maximum atomic E-state index is 14.1. The molecule has 0 aliphatic heterocycles. The minimum absolute atomic E-state index is 0.0753. The summed E-state index contributed by atoms with van der Waals surface area (Å²) < 4.78 is 24.3. The molecule has 20 heavy (non-hydrogen) atoms. The van der Waals surface area contributed by atoms with E-state index >= 15 is 0 Å². The van der Waals surface area contributed by atoms with E-state index in [0.29, 0.717) is 5.75 Å². The third-order valence-electron chi connectivity index (χ3n) is 5.02. The summed E-state index contributed by atoms with van der Waals surface area (Å²) >= 11 is 0. The first-order valence-corrected chi connectivity index (χ1v) is 6.64. The van der Waals surface area contributed by atoms with Crippen molar-refractivity contribution in [2.75, 3.05) is 14.2 Å². The fourth-order valence-corrected chi connectivity index (χ4v) is 3.05. The van der Waals surface area contributed by atoms with Crippen LogP contribution in [0, 0.1) is 22.6 Å². The van der Waals surface area contributed by atoms with Crippen molar-refractivity contribution in [2.45, 2.75) is 27.7 Å². The number of ketones is 1. The van der Waals surface area contributed by atoms with Crippen LogP contribution in [0.15, 0.2) is 12.1 Å². The fourth-order valence-electron chi connectivity index (χ4n) is 3.05. The standard InChI is InChI=1S/C16H21FO3/c1-15(2)14(16(15,3)4)13(18)9-7-11(19-5)12(20-6)8-10(9)17/h7-8,14H,1-6H3. The van der Waals surface area contributed by atoms with Crippen LogP contribution in [0.4, 0.5) is 4.39 Å². The van der Waals surface area contributed by atoms with E-state index in [1.165, 1.54) is 26.4 Å². The first kappa shape index (κ1) is 14.8. The molecule has 1 saturated carbocycles. The lowest BCUT2D eigenvalue weighted by Gasteiger charge is -2.11. The average Bonchev–Trinajstić information content (AvgIpc) is 2.78. The van der Waals surface area contributed by atoms with Crippen LogP contribution in [-0.2, 0) is 0 Å². The highest BCUT2D eigenvalue weighted by Crippen LogP contribution is 2.69. The van der Waals surface area contributed by atoms with Crippen molar-refractivity contribution < 1.29 is 18.7 Å². The van der Waals surface area contributed by atoms with E-state index in [4.69, 9.17) is 9.47 Å². The van der Waals surface area contributed by atoms with Gasteiger partial charge in [-0.3, -0.25) is 4.79 Å². The number of rotatable bonds is 4. The maximum Gasteiger partial charge on any atom is 0.170 e. The number of benzene rings is 1. The van der Waals surface area contributed by atoms with Crippen LogP contribution < -0.4 is 9.47 Å². The first-order chi connectivity index (χ1) is 9.18. The van der Waals surface area contributed by atoms with Crippen LogP contribution in [0.25, 0.3) is 0 Å². The van der Waals surface area contributed by atoms with Gasteiger partial charge in [0.25, 0.3) is 0 Å². The summed E-state index contributed by atoms with van der Waals surface area (Å²) in [6.07, 6.45) is 0. The molecule has 2 rings (SSSR count). The Labute approximate surface area is 119 Å². The normalized spacial score (nSPS) is 19.6. The van der Waals surface area contributed by atoms with E-state index in [2.05, 4.69) is 0 Å². The Morgan fingerprint density at radius 1 is 1.05 bits per heavy atom. The van der Waals surface area contributed by atoms with Gasteiger partial charge in [0.1, 0.15) is 5.82 Å². The smallest absolute Gasteiger partial charge is 0.170 e. The predicted molar refractivity (Wildman–Crippen MR) is 74.9 cm³/mol. The molecule has 0 heterocycles. The number of carbonyl (C=O) groups is 1. The molecular weight excluding hydrogens is 259 g/mol. The molecule has 1 fully saturated rings. The van der Waals surface area contributed by atoms with Crippen LogP contribution in [0.1, 0.15) is 38.1 Å². The maximum absolute atomic E-state index is 14.1. The van der Waals surface area contributed by atoms with Crippen molar-refractivity contribution in [3.63, 3.8) is 0 Å². The zero-order chi connectivity index (χ0) is 15.3. The predicted octanol–water partition coefficient (Wildman–Crippen LogP) is 3.71. The van der Waals surface area contributed by atoms with Crippen LogP contribution >= 0.6 is 0 Å². The molecule has 0 amide bonds. The van der Waals surface area contributed by atoms with Gasteiger partial charge < -0.3 is 9.47 Å². The van der Waals surface area contributed by atoms with Crippen LogP contribution in [0.3, 0.4) is 0 Å². The lowest BCUT2D eigenvalue weighted by atomic mass is 10.0. The van der Waals surface area contributed by atoms with Gasteiger partial charge in [0.15, 0.2) is 17.3 Å². The Kier molecular flexibility index (Phi) is 3.31. The van der Waals surface area contributed by atoms with Crippen LogP contribution in [-0.4, -0.2) is 20.0 Å². The third-order valence-corrected chi connectivity index (χ3v) is 5.02. The van der Waals surface area contributed by atoms with Gasteiger partial charge in [-0.15, -0.1) is 0 Å². The first-order valence-electron chi connectivity index (χ1n) is 6.64. The molecule has 1 aromatic rings. The van der Waals surface area contributed by atoms with E-state index in [-0.39, 0.29) is 33.8 Å². The summed E-state index contributed by atoms with van der Waals surface area (Å²) in [5.74, 6) is -0.253. The number of hydrogen-bond acceptors (Lipinski definition) is 3. The Bertz CT molecular complexity index is 547. The number of ether oxygens (including phenoxy) is 2. The molecule has 0 N–H and O–H groups in total. The second-order valence-corrected chi connectivity index (χ2v) is 6.43. The largest absolute Gasteiger partial charge is 0.493 e. The molecule has 3 nitrogen and oxygen atoms in total. The average molecular weight is 280 g/mol. The zero-order valence-corrected chi connectivity index (χ0v) is 12.8. The Morgan fingerprint density at radius 3 is 1.90 bits per heavy atom. The highest BCUT2D eigenvalue weighted by Gasteiger charge is 2.68. The Hall–Kier alpha value is -1.58. The van der Waals surface area contributed by atoms with Gasteiger partial charge in [-0.2, -0.15) is 0 Å². The molecule has 4 heteroatoms. The lowest BCUT2D eigenvalue weighted by Crippen LogP contribution is -2.10. The lowest BCUT2D eigenvalue weighted by molar-refractivity contribution is 0.0940. The van der Waals surface area contributed by atoms with Crippen molar-refractivity contribution in [1.82, 2.24) is 0 Å². The van der Waals surface area contributed by atoms with Gasteiger partial charge in [0.2, 0.25) is 0 Å². The number of Topliss-reactive ketones (excluding diaryl/α,β-unsaturated/α-hetero) is 1. The molecule has 0 bridgehead atoms. The minimum atomic E-state index is -0.564. The van der Waals surface area contributed by atoms with Gasteiger partial charge in [-0.25, -0.2) is 4.39 Å². The van der Waals surface area contributed by atoms with Gasteiger partial charge >= 0.3 is 0 Å². The third kappa shape index (κ3) is 1.89. The van der Waals surface area contributed by atoms with Gasteiger partial charge in [0.05, 0.1) is 19.8 Å². The van der Waals surface area contributed by atoms with Crippen LogP contribution in [0.2, 0.25) is 0 Å². The second kappa shape index (κ2) is 4.47. The molecule has 1 aliphatic carbocycles. The van der Waals surface area contributed by atoms with Crippen molar-refractivity contribution >= 4 is 5.78 Å². The number of hydrogen-bond donors (Lipinski definition) is 0. The summed E-state index contributed by atoms with van der Waals surface area (Å²) in [4.78, 5) is 12.6. The Morgan fingerprint density at radius 2 is 1.50 bits per heavy atom. The molecule has 110 valence electrons. The van der Waals surface area contributed by atoms with E-state index < -0.39 is 5.82 Å². The quantitative estimate of drug-likeness (QED) is 0.789. The zero-order valence-electron chi connectivity index (χ0n) is 12.8. The molecule has 1 aromatic carbocycles. The molecule has 0 radical (unpaired) electrons. The van der Waals surface area contributed by atoms with Crippen molar-refractivity contribution in [2.24, 2.45) is 16.7 Å². The SMILES string of the molecule is COc1cc(F)c(C(=O)C2C(C)(C)C2(C)C)cc1OC. The molecule has 0 unspecified atom stereocenters. The molecule has 1 aliphatic rings. The fraction of sp³-hybridized carbons (Fsp3) is 0.562. The summed E-state index contributed by atoms with van der Waals surface area (Å²) in [6, 6.07) is 2.63. The summed E-state index contributed by atoms with van der Waals surface area (Å²) in [7, 11) is 2.90. The van der Waals surface area contributed by atoms with Crippen molar-refractivity contribution in [1.29, 1.82) is 0 Å². The number of methoxy groups -OCH3 is 2. The van der Waals surface area contributed by atoms with E-state index in [9.17, 15) is 9.18 Å². The van der Waals surface area contributed by atoms with E-state index in [0.717, 1.165) is 0 Å². The summed E-state index contributed by atoms with van der Waals surface area (Å²) in [6.45, 7) is 8.14. The highest BCUT2D eigenvalue weighted by molar-refractivity contribution is 6.01. The highest BCUT2D eigenvalue weighted by atomic mass is 19.1. The van der Waals surface area contributed by atoms with Gasteiger partial charge in [0, 0.05) is 12.0 Å². The van der Waals surface area contributed by atoms with Gasteiger partial charge in [-0.1, -0.05) is 27.7 Å². The van der Waals surface area contributed by atoms with E-state index in [1.54, 1.807) is 0 Å². The van der Waals surface area contributed by atoms with Crippen LogP contribution in [0.5, 0.6) is 11.5 Å². The molecule has 0 atom stereocenters. The second-order valence-electron chi connectivity index (χ2n) is 6.43. The number of carbonyl (C=O) groups excluding carboxylic acids is 1.